The molecule has 0 spiro atoms. The fraction of sp³-hybridized carbons (Fsp3) is 0. The molecule has 0 bridgehead atoms. The topological polar surface area (TPSA) is 68.0 Å². The Balaban J connectivity index is 2.25. The van der Waals surface area contributed by atoms with Crippen LogP contribution in [0.25, 0.3) is 16.7 Å². The summed E-state index contributed by atoms with van der Waals surface area (Å²) in [4.78, 5) is 11.0. The van der Waals surface area contributed by atoms with E-state index >= 15 is 0 Å². The number of carbonyl (C=O) groups is 1. The van der Waals surface area contributed by atoms with Crippen molar-refractivity contribution in [2.24, 2.45) is 0 Å². The standard InChI is InChI=1S/C13H7FIN3O2/c14-8-2-4-11(9(15)6-8)18-12-5-7(13(19)20)1-3-10(12)16-17-18/h1-6H,(H,19,20). The molecule has 0 aliphatic heterocycles. The first-order valence-corrected chi connectivity index (χ1v) is 6.68. The van der Waals surface area contributed by atoms with E-state index in [4.69, 9.17) is 5.11 Å². The summed E-state index contributed by atoms with van der Waals surface area (Å²) in [5.74, 6) is -1.36. The van der Waals surface area contributed by atoms with E-state index in [1.165, 1.54) is 28.9 Å². The van der Waals surface area contributed by atoms with Crippen LogP contribution in [0.15, 0.2) is 36.4 Å². The van der Waals surface area contributed by atoms with Crippen LogP contribution < -0.4 is 0 Å². The molecule has 0 atom stereocenters. The highest BCUT2D eigenvalue weighted by atomic mass is 127. The van der Waals surface area contributed by atoms with Crippen molar-refractivity contribution in [3.05, 3.63) is 51.3 Å². The summed E-state index contributed by atoms with van der Waals surface area (Å²) >= 11 is 2.00. The van der Waals surface area contributed by atoms with E-state index in [-0.39, 0.29) is 11.4 Å². The highest BCUT2D eigenvalue weighted by molar-refractivity contribution is 14.1. The molecule has 0 aliphatic carbocycles. The van der Waals surface area contributed by atoms with Crippen molar-refractivity contribution in [3.8, 4) is 5.69 Å². The van der Waals surface area contributed by atoms with E-state index in [0.29, 0.717) is 20.3 Å². The van der Waals surface area contributed by atoms with E-state index in [1.807, 2.05) is 22.6 Å². The molecule has 100 valence electrons. The van der Waals surface area contributed by atoms with E-state index in [1.54, 1.807) is 12.1 Å². The number of aromatic carboxylic acids is 1. The zero-order valence-corrected chi connectivity index (χ0v) is 12.1. The molecule has 0 amide bonds. The van der Waals surface area contributed by atoms with Crippen molar-refractivity contribution < 1.29 is 14.3 Å². The van der Waals surface area contributed by atoms with E-state index < -0.39 is 5.97 Å². The first-order chi connectivity index (χ1) is 9.56. The monoisotopic (exact) mass is 383 g/mol. The summed E-state index contributed by atoms with van der Waals surface area (Å²) in [7, 11) is 0. The third kappa shape index (κ3) is 2.13. The first kappa shape index (κ1) is 13.0. The molecule has 0 saturated carbocycles. The number of aromatic nitrogens is 3. The zero-order valence-electron chi connectivity index (χ0n) is 9.92. The number of fused-ring (bicyclic) bond motifs is 1. The number of hydrogen-bond acceptors (Lipinski definition) is 3. The molecule has 1 heterocycles. The number of carboxylic acid groups (broad SMARTS) is 1. The average molecular weight is 383 g/mol. The minimum absolute atomic E-state index is 0.151. The molecular formula is C13H7FIN3O2. The smallest absolute Gasteiger partial charge is 0.335 e. The van der Waals surface area contributed by atoms with Crippen LogP contribution in [0.1, 0.15) is 10.4 Å². The number of benzene rings is 2. The van der Waals surface area contributed by atoms with Crippen LogP contribution in [0.3, 0.4) is 0 Å². The molecule has 2 aromatic carbocycles. The lowest BCUT2D eigenvalue weighted by atomic mass is 10.2. The van der Waals surface area contributed by atoms with Crippen molar-refractivity contribution in [1.29, 1.82) is 0 Å². The number of carboxylic acids is 1. The summed E-state index contributed by atoms with van der Waals surface area (Å²) in [6, 6.07) is 8.85. The molecular weight excluding hydrogens is 376 g/mol. The van der Waals surface area contributed by atoms with Crippen LogP contribution >= 0.6 is 22.6 Å². The largest absolute Gasteiger partial charge is 0.478 e. The Morgan fingerprint density at radius 3 is 2.75 bits per heavy atom. The molecule has 0 radical (unpaired) electrons. The van der Waals surface area contributed by atoms with Gasteiger partial charge in [0, 0.05) is 3.57 Å². The molecule has 0 unspecified atom stereocenters. The van der Waals surface area contributed by atoms with Crippen LogP contribution in [-0.2, 0) is 0 Å². The van der Waals surface area contributed by atoms with Gasteiger partial charge in [0.05, 0.1) is 16.8 Å². The minimum atomic E-state index is -1.02. The van der Waals surface area contributed by atoms with E-state index in [9.17, 15) is 9.18 Å². The van der Waals surface area contributed by atoms with Crippen LogP contribution in [0, 0.1) is 9.39 Å². The van der Waals surface area contributed by atoms with Gasteiger partial charge in [0.15, 0.2) is 0 Å². The molecule has 1 aromatic heterocycles. The maximum atomic E-state index is 13.1. The molecule has 0 aliphatic rings. The van der Waals surface area contributed by atoms with Gasteiger partial charge in [0.1, 0.15) is 11.3 Å². The lowest BCUT2D eigenvalue weighted by molar-refractivity contribution is 0.0697. The van der Waals surface area contributed by atoms with Gasteiger partial charge in [-0.15, -0.1) is 5.10 Å². The van der Waals surface area contributed by atoms with Crippen molar-refractivity contribution in [1.82, 2.24) is 15.0 Å². The summed E-state index contributed by atoms with van der Waals surface area (Å²) in [6.07, 6.45) is 0. The Bertz CT molecular complexity index is 832. The van der Waals surface area contributed by atoms with Gasteiger partial charge in [0.25, 0.3) is 0 Å². The fourth-order valence-corrected chi connectivity index (χ4v) is 2.59. The van der Waals surface area contributed by atoms with Crippen molar-refractivity contribution in [2.75, 3.05) is 0 Å². The van der Waals surface area contributed by atoms with Gasteiger partial charge in [-0.05, 0) is 59.0 Å². The second kappa shape index (κ2) is 4.82. The summed E-state index contributed by atoms with van der Waals surface area (Å²) in [5, 5.41) is 17.0. The van der Waals surface area contributed by atoms with Gasteiger partial charge in [-0.3, -0.25) is 0 Å². The van der Waals surface area contributed by atoms with Gasteiger partial charge in [-0.1, -0.05) is 5.21 Å². The Morgan fingerprint density at radius 1 is 1.25 bits per heavy atom. The Morgan fingerprint density at radius 2 is 2.05 bits per heavy atom. The average Bonchev–Trinajstić information content (AvgIpc) is 2.81. The fourth-order valence-electron chi connectivity index (χ4n) is 1.88. The normalized spacial score (nSPS) is 10.9. The first-order valence-electron chi connectivity index (χ1n) is 5.60. The van der Waals surface area contributed by atoms with Gasteiger partial charge < -0.3 is 5.11 Å². The van der Waals surface area contributed by atoms with Gasteiger partial charge in [-0.2, -0.15) is 0 Å². The molecule has 0 saturated heterocycles. The summed E-state index contributed by atoms with van der Waals surface area (Å²) in [5.41, 5.74) is 1.94. The second-order valence-electron chi connectivity index (χ2n) is 4.11. The quantitative estimate of drug-likeness (QED) is 0.692. The van der Waals surface area contributed by atoms with Gasteiger partial charge in [-0.25, -0.2) is 13.9 Å². The number of rotatable bonds is 2. The predicted octanol–water partition coefficient (Wildman–Crippen LogP) is 2.86. The Labute approximate surface area is 126 Å². The molecule has 20 heavy (non-hydrogen) atoms. The zero-order chi connectivity index (χ0) is 14.3. The maximum Gasteiger partial charge on any atom is 0.335 e. The molecule has 3 aromatic rings. The maximum absolute atomic E-state index is 13.1. The second-order valence-corrected chi connectivity index (χ2v) is 5.27. The van der Waals surface area contributed by atoms with Crippen molar-refractivity contribution >= 4 is 39.6 Å². The molecule has 1 N–H and O–H groups in total. The molecule has 5 nitrogen and oxygen atoms in total. The molecule has 0 fully saturated rings. The number of nitrogens with zero attached hydrogens (tertiary/aromatic N) is 3. The highest BCUT2D eigenvalue weighted by Gasteiger charge is 2.12. The SMILES string of the molecule is O=C(O)c1ccc2nnn(-c3ccc(F)cc3I)c2c1. The van der Waals surface area contributed by atoms with Crippen molar-refractivity contribution in [2.45, 2.75) is 0 Å². The summed E-state index contributed by atoms with van der Waals surface area (Å²) in [6.45, 7) is 0. The van der Waals surface area contributed by atoms with Gasteiger partial charge in [0.2, 0.25) is 0 Å². The number of hydrogen-bond donors (Lipinski definition) is 1. The molecule has 7 heteroatoms. The van der Waals surface area contributed by atoms with Crippen LogP contribution in [0.2, 0.25) is 0 Å². The minimum Gasteiger partial charge on any atom is -0.478 e. The number of halogens is 2. The van der Waals surface area contributed by atoms with Crippen LogP contribution in [0.5, 0.6) is 0 Å². The van der Waals surface area contributed by atoms with Crippen molar-refractivity contribution in [3.63, 3.8) is 0 Å². The third-order valence-corrected chi connectivity index (χ3v) is 3.69. The predicted molar refractivity (Wildman–Crippen MR) is 78.5 cm³/mol. The Hall–Kier alpha value is -2.03. The lowest BCUT2D eigenvalue weighted by Crippen LogP contribution is -2.01. The summed E-state index contributed by atoms with van der Waals surface area (Å²) < 4.78 is 15.3. The van der Waals surface area contributed by atoms with Crippen LogP contribution in [0.4, 0.5) is 4.39 Å². The van der Waals surface area contributed by atoms with Crippen LogP contribution in [-0.4, -0.2) is 26.1 Å². The van der Waals surface area contributed by atoms with E-state index in [2.05, 4.69) is 10.3 Å². The van der Waals surface area contributed by atoms with Gasteiger partial charge >= 0.3 is 5.97 Å². The molecule has 3 rings (SSSR count). The highest BCUT2D eigenvalue weighted by Crippen LogP contribution is 2.22. The lowest BCUT2D eigenvalue weighted by Gasteiger charge is -2.05. The third-order valence-electron chi connectivity index (χ3n) is 2.83. The Kier molecular flexibility index (Phi) is 3.13. The van der Waals surface area contributed by atoms with E-state index in [0.717, 1.165) is 0 Å².